The molecule has 4 nitrogen and oxygen atoms in total. The Hall–Kier alpha value is -0.630. The number of benzene rings is 1. The maximum Gasteiger partial charge on any atom is 0.215 e. The van der Waals surface area contributed by atoms with Crippen molar-refractivity contribution in [2.45, 2.75) is 17.8 Å². The molecule has 1 N–H and O–H groups in total. The van der Waals surface area contributed by atoms with Crippen LogP contribution in [0.3, 0.4) is 0 Å². The van der Waals surface area contributed by atoms with Crippen LogP contribution in [0.15, 0.2) is 24.3 Å². The monoisotopic (exact) mass is 319 g/mol. The standard InChI is InChI=1S/C13H18FNO3S2/c1-18-13(6-7-19-10-13)9-15-20(16,17)8-11-2-4-12(14)5-3-11/h2-5,15H,6-10H2,1H3. The van der Waals surface area contributed by atoms with Crippen LogP contribution in [0.4, 0.5) is 4.39 Å². The number of halogens is 1. The van der Waals surface area contributed by atoms with Gasteiger partial charge >= 0.3 is 0 Å². The highest BCUT2D eigenvalue weighted by atomic mass is 32.2. The van der Waals surface area contributed by atoms with Gasteiger partial charge in [-0.1, -0.05) is 12.1 Å². The molecular formula is C13H18FNO3S2. The molecule has 1 atom stereocenters. The lowest BCUT2D eigenvalue weighted by atomic mass is 10.0. The molecule has 0 aliphatic carbocycles. The van der Waals surface area contributed by atoms with Gasteiger partial charge in [0.25, 0.3) is 0 Å². The van der Waals surface area contributed by atoms with Gasteiger partial charge in [-0.2, -0.15) is 11.8 Å². The van der Waals surface area contributed by atoms with Gasteiger partial charge in [0.05, 0.1) is 11.4 Å². The van der Waals surface area contributed by atoms with Crippen molar-refractivity contribution in [2.75, 3.05) is 25.2 Å². The highest BCUT2D eigenvalue weighted by Crippen LogP contribution is 2.30. The van der Waals surface area contributed by atoms with Crippen molar-refractivity contribution in [1.29, 1.82) is 0 Å². The Morgan fingerprint density at radius 3 is 2.65 bits per heavy atom. The largest absolute Gasteiger partial charge is 0.376 e. The van der Waals surface area contributed by atoms with E-state index in [4.69, 9.17) is 4.74 Å². The molecule has 0 spiro atoms. The number of sulfonamides is 1. The molecular weight excluding hydrogens is 301 g/mol. The van der Waals surface area contributed by atoms with Crippen molar-refractivity contribution >= 4 is 21.8 Å². The molecule has 0 amide bonds. The molecule has 0 radical (unpaired) electrons. The highest BCUT2D eigenvalue weighted by molar-refractivity contribution is 7.99. The second kappa shape index (κ2) is 6.43. The summed E-state index contributed by atoms with van der Waals surface area (Å²) in [5.74, 6) is 1.25. The minimum atomic E-state index is -3.44. The van der Waals surface area contributed by atoms with Gasteiger partial charge in [0.1, 0.15) is 5.82 Å². The van der Waals surface area contributed by atoms with Crippen molar-refractivity contribution in [2.24, 2.45) is 0 Å². The summed E-state index contributed by atoms with van der Waals surface area (Å²) in [5.41, 5.74) is 0.159. The fourth-order valence-electron chi connectivity index (χ4n) is 2.05. The van der Waals surface area contributed by atoms with Gasteiger partial charge in [0, 0.05) is 19.4 Å². The first-order chi connectivity index (χ1) is 9.45. The van der Waals surface area contributed by atoms with Crippen LogP contribution in [0.5, 0.6) is 0 Å². The minimum absolute atomic E-state index is 0.153. The van der Waals surface area contributed by atoms with E-state index >= 15 is 0 Å². The predicted octanol–water partition coefficient (Wildman–Crippen LogP) is 1.77. The van der Waals surface area contributed by atoms with Crippen molar-refractivity contribution in [3.63, 3.8) is 0 Å². The summed E-state index contributed by atoms with van der Waals surface area (Å²) in [5, 5.41) is 0. The van der Waals surface area contributed by atoms with Gasteiger partial charge in [-0.05, 0) is 29.9 Å². The summed E-state index contributed by atoms with van der Waals surface area (Å²) >= 11 is 1.76. The lowest BCUT2D eigenvalue weighted by molar-refractivity contribution is 0.0179. The van der Waals surface area contributed by atoms with E-state index in [9.17, 15) is 12.8 Å². The fraction of sp³-hybridized carbons (Fsp3) is 0.538. The zero-order valence-electron chi connectivity index (χ0n) is 11.3. The number of hydrogen-bond acceptors (Lipinski definition) is 4. The summed E-state index contributed by atoms with van der Waals surface area (Å²) in [6, 6.07) is 5.47. The molecule has 0 bridgehead atoms. The maximum atomic E-state index is 12.8. The Morgan fingerprint density at radius 1 is 1.40 bits per heavy atom. The molecule has 1 saturated heterocycles. The number of thioether (sulfide) groups is 1. The van der Waals surface area contributed by atoms with Gasteiger partial charge in [-0.15, -0.1) is 0 Å². The van der Waals surface area contributed by atoms with Gasteiger partial charge in [-0.3, -0.25) is 0 Å². The van der Waals surface area contributed by atoms with E-state index in [0.717, 1.165) is 17.9 Å². The Bertz CT molecular complexity index is 539. The Balaban J connectivity index is 1.95. The number of nitrogens with one attached hydrogen (secondary N) is 1. The van der Waals surface area contributed by atoms with E-state index in [-0.39, 0.29) is 18.1 Å². The fourth-order valence-corrected chi connectivity index (χ4v) is 4.67. The third-order valence-corrected chi connectivity index (χ3v) is 5.90. The van der Waals surface area contributed by atoms with Crippen LogP contribution in [-0.2, 0) is 20.5 Å². The van der Waals surface area contributed by atoms with E-state index in [1.165, 1.54) is 24.3 Å². The van der Waals surface area contributed by atoms with Crippen molar-refractivity contribution < 1.29 is 17.5 Å². The van der Waals surface area contributed by atoms with Crippen LogP contribution in [0.2, 0.25) is 0 Å². The molecule has 2 rings (SSSR count). The Kier molecular flexibility index (Phi) is 5.06. The summed E-state index contributed by atoms with van der Waals surface area (Å²) in [4.78, 5) is 0. The van der Waals surface area contributed by atoms with Crippen LogP contribution >= 0.6 is 11.8 Å². The maximum absolute atomic E-state index is 12.8. The molecule has 1 aliphatic rings. The lowest BCUT2D eigenvalue weighted by Gasteiger charge is -2.26. The summed E-state index contributed by atoms with van der Waals surface area (Å²) in [6.45, 7) is 0.278. The van der Waals surface area contributed by atoms with Crippen molar-refractivity contribution in [3.05, 3.63) is 35.6 Å². The first-order valence-corrected chi connectivity index (χ1v) is 9.10. The predicted molar refractivity (Wildman–Crippen MR) is 78.7 cm³/mol. The quantitative estimate of drug-likeness (QED) is 0.868. The summed E-state index contributed by atoms with van der Waals surface area (Å²) < 4.78 is 44.9. The molecule has 1 aromatic carbocycles. The molecule has 20 heavy (non-hydrogen) atoms. The molecule has 1 aliphatic heterocycles. The Morgan fingerprint density at radius 2 is 2.10 bits per heavy atom. The van der Waals surface area contributed by atoms with Crippen molar-refractivity contribution in [3.8, 4) is 0 Å². The van der Waals surface area contributed by atoms with Gasteiger partial charge < -0.3 is 4.74 Å². The van der Waals surface area contributed by atoms with Crippen molar-refractivity contribution in [1.82, 2.24) is 4.72 Å². The first kappa shape index (κ1) is 15.8. The van der Waals surface area contributed by atoms with E-state index < -0.39 is 15.6 Å². The van der Waals surface area contributed by atoms with Gasteiger partial charge in [-0.25, -0.2) is 17.5 Å². The average Bonchev–Trinajstić information content (AvgIpc) is 2.89. The number of methoxy groups -OCH3 is 1. The van der Waals surface area contributed by atoms with Gasteiger partial charge in [0.2, 0.25) is 10.0 Å². The second-order valence-electron chi connectivity index (χ2n) is 4.90. The van der Waals surface area contributed by atoms with Crippen LogP contribution in [0.25, 0.3) is 0 Å². The normalized spacial score (nSPS) is 23.1. The SMILES string of the molecule is COC1(CNS(=O)(=O)Cc2ccc(F)cc2)CCSC1. The molecule has 112 valence electrons. The third kappa shape index (κ3) is 4.18. The zero-order valence-corrected chi connectivity index (χ0v) is 12.9. The molecule has 1 unspecified atom stereocenters. The minimum Gasteiger partial charge on any atom is -0.376 e. The third-order valence-electron chi connectivity index (χ3n) is 3.38. The van der Waals surface area contributed by atoms with Gasteiger partial charge in [0.15, 0.2) is 0 Å². The Labute approximate surface area is 123 Å². The van der Waals surface area contributed by atoms with E-state index in [1.807, 2.05) is 0 Å². The molecule has 7 heteroatoms. The summed E-state index contributed by atoms with van der Waals surface area (Å²) in [7, 11) is -1.83. The smallest absolute Gasteiger partial charge is 0.215 e. The lowest BCUT2D eigenvalue weighted by Crippen LogP contribution is -2.44. The molecule has 1 fully saturated rings. The average molecular weight is 319 g/mol. The van der Waals surface area contributed by atoms with Crippen LogP contribution in [0.1, 0.15) is 12.0 Å². The van der Waals surface area contributed by atoms with E-state index in [0.29, 0.717) is 5.56 Å². The summed E-state index contributed by atoms with van der Waals surface area (Å²) in [6.07, 6.45) is 0.841. The first-order valence-electron chi connectivity index (χ1n) is 6.29. The highest BCUT2D eigenvalue weighted by Gasteiger charge is 2.35. The molecule has 0 saturated carbocycles. The van der Waals surface area contributed by atoms with Crippen LogP contribution < -0.4 is 4.72 Å². The number of hydrogen-bond donors (Lipinski definition) is 1. The van der Waals surface area contributed by atoms with E-state index in [1.54, 1.807) is 18.9 Å². The zero-order chi connectivity index (χ0) is 14.6. The van der Waals surface area contributed by atoms with Crippen LogP contribution in [0, 0.1) is 5.82 Å². The molecule has 1 aromatic rings. The molecule has 1 heterocycles. The second-order valence-corrected chi connectivity index (χ2v) is 7.81. The molecule has 0 aromatic heterocycles. The topological polar surface area (TPSA) is 55.4 Å². The van der Waals surface area contributed by atoms with Crippen LogP contribution in [-0.4, -0.2) is 39.2 Å². The number of ether oxygens (including phenoxy) is 1. The van der Waals surface area contributed by atoms with E-state index in [2.05, 4.69) is 4.72 Å². The number of rotatable bonds is 6.